The Morgan fingerprint density at radius 2 is 2.05 bits per heavy atom. The maximum atomic E-state index is 11.7. The molecule has 1 amide bonds. The predicted molar refractivity (Wildman–Crippen MR) is 73.9 cm³/mol. The molecule has 0 spiro atoms. The summed E-state index contributed by atoms with van der Waals surface area (Å²) in [5, 5.41) is 0. The Morgan fingerprint density at radius 3 is 2.74 bits per heavy atom. The summed E-state index contributed by atoms with van der Waals surface area (Å²) in [6.45, 7) is 1.57. The lowest BCUT2D eigenvalue weighted by atomic mass is 10.1. The maximum Gasteiger partial charge on any atom is 0.299 e. The number of ether oxygens (including phenoxy) is 1. The van der Waals surface area contributed by atoms with Crippen LogP contribution in [-0.2, 0) is 9.53 Å². The van der Waals surface area contributed by atoms with E-state index in [4.69, 9.17) is 4.74 Å². The van der Waals surface area contributed by atoms with Crippen molar-refractivity contribution < 1.29 is 14.3 Å². The van der Waals surface area contributed by atoms with E-state index in [1.54, 1.807) is 20.2 Å². The van der Waals surface area contributed by atoms with Crippen LogP contribution in [0.15, 0.2) is 18.2 Å². The van der Waals surface area contributed by atoms with Crippen LogP contribution in [0.1, 0.15) is 16.8 Å². The largest absolute Gasteiger partial charge is 0.385 e. The third kappa shape index (κ3) is 2.46. The Bertz CT molecular complexity index is 513. The third-order valence-electron chi connectivity index (χ3n) is 3.37. The summed E-state index contributed by atoms with van der Waals surface area (Å²) in [5.74, 6) is -0.889. The van der Waals surface area contributed by atoms with Gasteiger partial charge in [0.25, 0.3) is 11.7 Å². The molecule has 0 aliphatic carbocycles. The van der Waals surface area contributed by atoms with Gasteiger partial charge in [-0.1, -0.05) is 0 Å². The number of anilines is 2. The van der Waals surface area contributed by atoms with Crippen molar-refractivity contribution >= 4 is 23.1 Å². The molecular formula is C14H18N2O3. The van der Waals surface area contributed by atoms with E-state index in [-0.39, 0.29) is 0 Å². The van der Waals surface area contributed by atoms with Crippen LogP contribution in [0.3, 0.4) is 0 Å². The minimum Gasteiger partial charge on any atom is -0.385 e. The Hall–Kier alpha value is -1.88. The lowest BCUT2D eigenvalue weighted by molar-refractivity contribution is -0.114. The smallest absolute Gasteiger partial charge is 0.299 e. The first-order chi connectivity index (χ1) is 9.06. The van der Waals surface area contributed by atoms with Gasteiger partial charge in [-0.25, -0.2) is 0 Å². The number of Topliss-reactive ketones (excluding diaryl/α,β-unsaturated/α-hetero) is 1. The third-order valence-corrected chi connectivity index (χ3v) is 3.37. The number of hydrogen-bond donors (Lipinski definition) is 0. The van der Waals surface area contributed by atoms with Gasteiger partial charge >= 0.3 is 0 Å². The fourth-order valence-electron chi connectivity index (χ4n) is 2.18. The molecule has 5 heteroatoms. The molecule has 0 saturated heterocycles. The zero-order valence-corrected chi connectivity index (χ0v) is 11.5. The van der Waals surface area contributed by atoms with Crippen molar-refractivity contribution in [3.63, 3.8) is 0 Å². The molecule has 1 aliphatic rings. The van der Waals surface area contributed by atoms with Crippen molar-refractivity contribution in [2.75, 3.05) is 44.2 Å². The number of ketones is 1. The SMILES string of the molecule is COCCCN(C)c1ccc2c(c1)N(C)C(=O)C2=O. The average molecular weight is 262 g/mol. The van der Waals surface area contributed by atoms with Crippen molar-refractivity contribution in [1.29, 1.82) is 0 Å². The van der Waals surface area contributed by atoms with Crippen molar-refractivity contribution in [1.82, 2.24) is 0 Å². The second-order valence-corrected chi connectivity index (χ2v) is 4.66. The summed E-state index contributed by atoms with van der Waals surface area (Å²) in [7, 11) is 5.29. The van der Waals surface area contributed by atoms with Gasteiger partial charge < -0.3 is 14.5 Å². The van der Waals surface area contributed by atoms with E-state index in [1.807, 2.05) is 19.2 Å². The monoisotopic (exact) mass is 262 g/mol. The van der Waals surface area contributed by atoms with Gasteiger partial charge in [-0.05, 0) is 24.6 Å². The van der Waals surface area contributed by atoms with E-state index < -0.39 is 11.7 Å². The van der Waals surface area contributed by atoms with E-state index in [9.17, 15) is 9.59 Å². The Labute approximate surface area is 112 Å². The van der Waals surface area contributed by atoms with Crippen molar-refractivity contribution in [3.8, 4) is 0 Å². The minimum absolute atomic E-state index is 0.425. The molecule has 1 aromatic carbocycles. The van der Waals surface area contributed by atoms with Gasteiger partial charge in [0.2, 0.25) is 0 Å². The van der Waals surface area contributed by atoms with Crippen LogP contribution in [0.25, 0.3) is 0 Å². The zero-order valence-electron chi connectivity index (χ0n) is 11.5. The van der Waals surface area contributed by atoms with Crippen molar-refractivity contribution in [3.05, 3.63) is 23.8 Å². The number of benzene rings is 1. The average Bonchev–Trinajstić information content (AvgIpc) is 2.64. The van der Waals surface area contributed by atoms with Crippen LogP contribution >= 0.6 is 0 Å². The molecule has 1 aliphatic heterocycles. The van der Waals surface area contributed by atoms with Crippen molar-refractivity contribution in [2.24, 2.45) is 0 Å². The highest BCUT2D eigenvalue weighted by Crippen LogP contribution is 2.31. The summed E-state index contributed by atoms with van der Waals surface area (Å²) >= 11 is 0. The summed E-state index contributed by atoms with van der Waals surface area (Å²) in [4.78, 5) is 26.8. The first kappa shape index (κ1) is 13.5. The van der Waals surface area contributed by atoms with Crippen LogP contribution in [0.2, 0.25) is 0 Å². The Kier molecular flexibility index (Phi) is 3.85. The fraction of sp³-hybridized carbons (Fsp3) is 0.429. The van der Waals surface area contributed by atoms with Gasteiger partial charge in [-0.3, -0.25) is 9.59 Å². The molecule has 0 bridgehead atoms. The molecule has 0 saturated carbocycles. The molecule has 5 nitrogen and oxygen atoms in total. The maximum absolute atomic E-state index is 11.7. The van der Waals surface area contributed by atoms with Crippen LogP contribution in [-0.4, -0.2) is 46.0 Å². The summed E-state index contributed by atoms with van der Waals surface area (Å²) in [6, 6.07) is 5.47. The number of fused-ring (bicyclic) bond motifs is 1. The Morgan fingerprint density at radius 1 is 1.32 bits per heavy atom. The number of rotatable bonds is 5. The van der Waals surface area contributed by atoms with Crippen molar-refractivity contribution in [2.45, 2.75) is 6.42 Å². The van der Waals surface area contributed by atoms with E-state index in [0.29, 0.717) is 17.9 Å². The van der Waals surface area contributed by atoms with Gasteiger partial charge in [-0.2, -0.15) is 0 Å². The highest BCUT2D eigenvalue weighted by Gasteiger charge is 2.33. The van der Waals surface area contributed by atoms with Crippen LogP contribution in [0, 0.1) is 0 Å². The topological polar surface area (TPSA) is 49.9 Å². The molecule has 102 valence electrons. The quantitative estimate of drug-likeness (QED) is 0.593. The molecule has 0 radical (unpaired) electrons. The van der Waals surface area contributed by atoms with Crippen LogP contribution in [0.5, 0.6) is 0 Å². The standard InChI is InChI=1S/C14H18N2O3/c1-15(7-4-8-19-3)10-5-6-11-12(9-10)16(2)14(18)13(11)17/h5-6,9H,4,7-8H2,1-3H3. The van der Waals surface area contributed by atoms with E-state index in [2.05, 4.69) is 4.90 Å². The second-order valence-electron chi connectivity index (χ2n) is 4.66. The number of carbonyl (C=O) groups is 2. The summed E-state index contributed by atoms with van der Waals surface area (Å²) < 4.78 is 5.02. The van der Waals surface area contributed by atoms with Crippen LogP contribution < -0.4 is 9.80 Å². The molecule has 1 heterocycles. The van der Waals surface area contributed by atoms with E-state index >= 15 is 0 Å². The number of hydrogen-bond acceptors (Lipinski definition) is 4. The molecule has 19 heavy (non-hydrogen) atoms. The van der Waals surface area contributed by atoms with E-state index in [0.717, 1.165) is 18.7 Å². The first-order valence-corrected chi connectivity index (χ1v) is 6.22. The number of likely N-dealkylation sites (N-methyl/N-ethyl adjacent to an activating group) is 1. The normalized spacial score (nSPS) is 13.9. The van der Waals surface area contributed by atoms with Crippen LogP contribution in [0.4, 0.5) is 11.4 Å². The highest BCUT2D eigenvalue weighted by molar-refractivity contribution is 6.52. The lowest BCUT2D eigenvalue weighted by Crippen LogP contribution is -2.25. The van der Waals surface area contributed by atoms with E-state index in [1.165, 1.54) is 4.90 Å². The minimum atomic E-state index is -0.464. The molecule has 0 fully saturated rings. The molecule has 0 N–H and O–H groups in total. The number of nitrogens with zero attached hydrogens (tertiary/aromatic N) is 2. The lowest BCUT2D eigenvalue weighted by Gasteiger charge is -2.20. The second kappa shape index (κ2) is 5.40. The highest BCUT2D eigenvalue weighted by atomic mass is 16.5. The molecule has 0 atom stereocenters. The number of carbonyl (C=O) groups excluding carboxylic acids is 2. The molecule has 1 aromatic rings. The molecular weight excluding hydrogens is 244 g/mol. The van der Waals surface area contributed by atoms with Gasteiger partial charge in [0.1, 0.15) is 0 Å². The molecule has 0 aromatic heterocycles. The molecule has 0 unspecified atom stereocenters. The van der Waals surface area contributed by atoms with Gasteiger partial charge in [0.15, 0.2) is 0 Å². The summed E-state index contributed by atoms with van der Waals surface area (Å²) in [6.07, 6.45) is 0.928. The first-order valence-electron chi connectivity index (χ1n) is 6.22. The summed E-state index contributed by atoms with van der Waals surface area (Å²) in [5.41, 5.74) is 2.16. The van der Waals surface area contributed by atoms with Gasteiger partial charge in [-0.15, -0.1) is 0 Å². The fourth-order valence-corrected chi connectivity index (χ4v) is 2.18. The Balaban J connectivity index is 2.18. The predicted octanol–water partition coefficient (Wildman–Crippen LogP) is 1.32. The van der Waals surface area contributed by atoms with Gasteiger partial charge in [0, 0.05) is 40.0 Å². The number of amides is 1. The zero-order chi connectivity index (χ0) is 14.0. The number of methoxy groups -OCH3 is 1. The van der Waals surface area contributed by atoms with Gasteiger partial charge in [0.05, 0.1) is 11.3 Å². The molecule has 2 rings (SSSR count).